The number of piperazine rings is 1. The second kappa shape index (κ2) is 10.3. The zero-order chi connectivity index (χ0) is 18.1. The largest absolute Gasteiger partial charge is 0.489 e. The van der Waals surface area contributed by atoms with Crippen LogP contribution in [0.15, 0.2) is 24.3 Å². The van der Waals surface area contributed by atoms with Crippen molar-refractivity contribution in [1.29, 1.82) is 0 Å². The van der Waals surface area contributed by atoms with Gasteiger partial charge in [0, 0.05) is 32.6 Å². The molecule has 1 aliphatic heterocycles. The highest BCUT2D eigenvalue weighted by Gasteiger charge is 2.19. The zero-order valence-corrected chi connectivity index (χ0v) is 15.9. The normalized spacial score (nSPS) is 15.4. The van der Waals surface area contributed by atoms with Crippen LogP contribution >= 0.6 is 0 Å². The number of hydrogen-bond donors (Lipinski definition) is 0. The highest BCUT2D eigenvalue weighted by Crippen LogP contribution is 2.29. The number of unbranched alkanes of at least 4 members (excludes halogenated alkanes) is 1. The number of benzene rings is 1. The standard InChI is InChI=1S/C20H32N2O3/c1-4-24-20(23)11-7-8-12-21-13-15-22(16-14-21)18-9-5-6-10-19(18)25-17(2)3/h5-6,9-10,17H,4,7-8,11-16H2,1-3H3. The maximum Gasteiger partial charge on any atom is 0.305 e. The summed E-state index contributed by atoms with van der Waals surface area (Å²) in [6.45, 7) is 11.6. The van der Waals surface area contributed by atoms with Gasteiger partial charge in [-0.25, -0.2) is 0 Å². The van der Waals surface area contributed by atoms with E-state index in [1.54, 1.807) is 0 Å². The second-order valence-electron chi connectivity index (χ2n) is 6.73. The summed E-state index contributed by atoms with van der Waals surface area (Å²) in [5.41, 5.74) is 1.19. The van der Waals surface area contributed by atoms with Gasteiger partial charge in [0.25, 0.3) is 0 Å². The lowest BCUT2D eigenvalue weighted by Crippen LogP contribution is -2.46. The van der Waals surface area contributed by atoms with Gasteiger partial charge in [-0.2, -0.15) is 0 Å². The minimum atomic E-state index is -0.0749. The van der Waals surface area contributed by atoms with Crippen molar-refractivity contribution in [2.24, 2.45) is 0 Å². The Labute approximate surface area is 151 Å². The van der Waals surface area contributed by atoms with E-state index in [0.717, 1.165) is 51.3 Å². The number of ether oxygens (including phenoxy) is 2. The molecule has 0 bridgehead atoms. The summed E-state index contributed by atoms with van der Waals surface area (Å²) in [5, 5.41) is 0. The van der Waals surface area contributed by atoms with Gasteiger partial charge in [-0.15, -0.1) is 0 Å². The molecule has 0 atom stereocenters. The van der Waals surface area contributed by atoms with Gasteiger partial charge >= 0.3 is 5.97 Å². The number of anilines is 1. The fraction of sp³-hybridized carbons (Fsp3) is 0.650. The third-order valence-electron chi connectivity index (χ3n) is 4.35. The van der Waals surface area contributed by atoms with Crippen molar-refractivity contribution in [2.45, 2.75) is 46.1 Å². The Morgan fingerprint density at radius 3 is 2.52 bits per heavy atom. The molecule has 0 radical (unpaired) electrons. The van der Waals surface area contributed by atoms with Gasteiger partial charge in [0.2, 0.25) is 0 Å². The molecule has 0 amide bonds. The van der Waals surface area contributed by atoms with Crippen molar-refractivity contribution in [2.75, 3.05) is 44.2 Å². The summed E-state index contributed by atoms with van der Waals surface area (Å²) in [7, 11) is 0. The number of carbonyl (C=O) groups excluding carboxylic acids is 1. The first kappa shape index (κ1) is 19.6. The average molecular weight is 348 g/mol. The minimum absolute atomic E-state index is 0.0749. The first-order valence-corrected chi connectivity index (χ1v) is 9.48. The molecule has 1 fully saturated rings. The summed E-state index contributed by atoms with van der Waals surface area (Å²) in [6, 6.07) is 8.30. The van der Waals surface area contributed by atoms with Crippen LogP contribution in [0.3, 0.4) is 0 Å². The molecule has 0 saturated carbocycles. The van der Waals surface area contributed by atoms with Crippen molar-refractivity contribution in [1.82, 2.24) is 4.90 Å². The lowest BCUT2D eigenvalue weighted by molar-refractivity contribution is -0.143. The quantitative estimate of drug-likeness (QED) is 0.506. The first-order valence-electron chi connectivity index (χ1n) is 9.48. The van der Waals surface area contributed by atoms with Gasteiger partial charge in [0.1, 0.15) is 5.75 Å². The van der Waals surface area contributed by atoms with Crippen LogP contribution in [0.25, 0.3) is 0 Å². The van der Waals surface area contributed by atoms with Gasteiger partial charge < -0.3 is 14.4 Å². The SMILES string of the molecule is CCOC(=O)CCCCN1CCN(c2ccccc2OC(C)C)CC1. The Bertz CT molecular complexity index is 525. The van der Waals surface area contributed by atoms with Gasteiger partial charge in [0.05, 0.1) is 18.4 Å². The number of hydrogen-bond acceptors (Lipinski definition) is 5. The van der Waals surface area contributed by atoms with E-state index in [9.17, 15) is 4.79 Å². The average Bonchev–Trinajstić information content (AvgIpc) is 2.60. The third kappa shape index (κ3) is 6.58. The molecule has 0 N–H and O–H groups in total. The molecule has 1 heterocycles. The summed E-state index contributed by atoms with van der Waals surface area (Å²) in [6.07, 6.45) is 2.67. The van der Waals surface area contributed by atoms with Crippen LogP contribution < -0.4 is 9.64 Å². The van der Waals surface area contributed by atoms with Crippen molar-refractivity contribution in [3.63, 3.8) is 0 Å². The molecule has 1 saturated heterocycles. The molecule has 25 heavy (non-hydrogen) atoms. The number of esters is 1. The Balaban J connectivity index is 1.74. The van der Waals surface area contributed by atoms with Crippen LogP contribution in [0.5, 0.6) is 5.75 Å². The van der Waals surface area contributed by atoms with Gasteiger partial charge in [-0.05, 0) is 52.3 Å². The number of para-hydroxylation sites is 2. The summed E-state index contributed by atoms with van der Waals surface area (Å²) < 4.78 is 10.9. The smallest absolute Gasteiger partial charge is 0.305 e. The highest BCUT2D eigenvalue weighted by atomic mass is 16.5. The van der Waals surface area contributed by atoms with E-state index in [0.29, 0.717) is 13.0 Å². The van der Waals surface area contributed by atoms with Crippen LogP contribution in [-0.2, 0) is 9.53 Å². The molecule has 0 aliphatic carbocycles. The van der Waals surface area contributed by atoms with Crippen LogP contribution in [0.2, 0.25) is 0 Å². The van der Waals surface area contributed by atoms with E-state index >= 15 is 0 Å². The van der Waals surface area contributed by atoms with Crippen LogP contribution in [0.1, 0.15) is 40.0 Å². The molecule has 5 heteroatoms. The Hall–Kier alpha value is -1.75. The molecular formula is C20H32N2O3. The van der Waals surface area contributed by atoms with Crippen molar-refractivity contribution in [3.8, 4) is 5.75 Å². The lowest BCUT2D eigenvalue weighted by Gasteiger charge is -2.37. The maximum atomic E-state index is 11.3. The molecular weight excluding hydrogens is 316 g/mol. The fourth-order valence-corrected chi connectivity index (χ4v) is 3.12. The van der Waals surface area contributed by atoms with Gasteiger partial charge in [-0.3, -0.25) is 9.69 Å². The predicted molar refractivity (Wildman–Crippen MR) is 101 cm³/mol. The van der Waals surface area contributed by atoms with E-state index < -0.39 is 0 Å². The second-order valence-corrected chi connectivity index (χ2v) is 6.73. The molecule has 5 nitrogen and oxygen atoms in total. The molecule has 1 aromatic carbocycles. The van der Waals surface area contributed by atoms with E-state index in [-0.39, 0.29) is 12.1 Å². The summed E-state index contributed by atoms with van der Waals surface area (Å²) >= 11 is 0. The molecule has 0 aromatic heterocycles. The molecule has 0 spiro atoms. The predicted octanol–water partition coefficient (Wildman–Crippen LogP) is 3.33. The Kier molecular flexibility index (Phi) is 8.06. The third-order valence-corrected chi connectivity index (χ3v) is 4.35. The number of rotatable bonds is 9. The Morgan fingerprint density at radius 1 is 1.12 bits per heavy atom. The molecule has 1 aromatic rings. The highest BCUT2D eigenvalue weighted by molar-refractivity contribution is 5.69. The van der Waals surface area contributed by atoms with E-state index in [2.05, 4.69) is 41.8 Å². The Morgan fingerprint density at radius 2 is 1.84 bits per heavy atom. The van der Waals surface area contributed by atoms with Crippen molar-refractivity contribution < 1.29 is 14.3 Å². The van der Waals surface area contributed by atoms with E-state index in [1.807, 2.05) is 13.0 Å². The number of carbonyl (C=O) groups is 1. The van der Waals surface area contributed by atoms with E-state index in [4.69, 9.17) is 9.47 Å². The fourth-order valence-electron chi connectivity index (χ4n) is 3.12. The molecule has 2 rings (SSSR count). The summed E-state index contributed by atoms with van der Waals surface area (Å²) in [5.74, 6) is 0.898. The van der Waals surface area contributed by atoms with Gasteiger partial charge in [0.15, 0.2) is 0 Å². The molecule has 1 aliphatic rings. The van der Waals surface area contributed by atoms with Crippen LogP contribution in [0.4, 0.5) is 5.69 Å². The minimum Gasteiger partial charge on any atom is -0.489 e. The zero-order valence-electron chi connectivity index (χ0n) is 15.9. The van der Waals surface area contributed by atoms with Crippen molar-refractivity contribution in [3.05, 3.63) is 24.3 Å². The topological polar surface area (TPSA) is 42.0 Å². The van der Waals surface area contributed by atoms with Gasteiger partial charge in [-0.1, -0.05) is 12.1 Å². The number of nitrogens with zero attached hydrogens (tertiary/aromatic N) is 2. The summed E-state index contributed by atoms with van der Waals surface area (Å²) in [4.78, 5) is 16.2. The maximum absolute atomic E-state index is 11.3. The molecule has 140 valence electrons. The first-order chi connectivity index (χ1) is 12.1. The van der Waals surface area contributed by atoms with Crippen LogP contribution in [0, 0.1) is 0 Å². The molecule has 0 unspecified atom stereocenters. The monoisotopic (exact) mass is 348 g/mol. The van der Waals surface area contributed by atoms with Crippen molar-refractivity contribution >= 4 is 11.7 Å². The van der Waals surface area contributed by atoms with E-state index in [1.165, 1.54) is 5.69 Å². The van der Waals surface area contributed by atoms with Crippen LogP contribution in [-0.4, -0.2) is 56.3 Å². The lowest BCUT2D eigenvalue weighted by atomic mass is 10.2.